The predicted molar refractivity (Wildman–Crippen MR) is 65.1 cm³/mol. The van der Waals surface area contributed by atoms with Crippen molar-refractivity contribution in [3.63, 3.8) is 0 Å². The minimum absolute atomic E-state index is 0.914. The zero-order valence-corrected chi connectivity index (χ0v) is 10.7. The second kappa shape index (κ2) is 4.47. The van der Waals surface area contributed by atoms with Crippen LogP contribution in [-0.2, 0) is 0 Å². The quantitative estimate of drug-likeness (QED) is 0.813. The molecule has 1 aromatic heterocycles. The largest absolute Gasteiger partial charge is 0.222 e. The zero-order valence-electron chi connectivity index (χ0n) is 7.53. The summed E-state index contributed by atoms with van der Waals surface area (Å²) < 4.78 is 1.98. The fraction of sp³-hybridized carbons (Fsp3) is 0.100. The molecule has 0 aliphatic rings. The highest BCUT2D eigenvalue weighted by Gasteiger charge is 2.01. The number of aryl methyl sites for hydroxylation is 1. The van der Waals surface area contributed by atoms with Gasteiger partial charge in [-0.2, -0.15) is 0 Å². The van der Waals surface area contributed by atoms with Crippen LogP contribution in [0.2, 0.25) is 0 Å². The van der Waals surface area contributed by atoms with E-state index in [0.717, 1.165) is 8.94 Å². The van der Waals surface area contributed by atoms with Crippen LogP contribution >= 0.6 is 39.0 Å². The molecule has 0 radical (unpaired) electrons. The number of hydrogen-bond acceptors (Lipinski definition) is 3. The van der Waals surface area contributed by atoms with E-state index < -0.39 is 0 Å². The monoisotopic (exact) mass is 285 g/mol. The van der Waals surface area contributed by atoms with Crippen LogP contribution in [0.3, 0.4) is 0 Å². The lowest BCUT2D eigenvalue weighted by Gasteiger charge is -1.97. The predicted octanol–water partition coefficient (Wildman–Crippen LogP) is 4.37. The smallest absolute Gasteiger partial charge is 0.155 e. The van der Waals surface area contributed by atoms with Gasteiger partial charge in [-0.3, -0.25) is 0 Å². The molecule has 0 saturated carbocycles. The summed E-state index contributed by atoms with van der Waals surface area (Å²) in [4.78, 5) is 5.56. The van der Waals surface area contributed by atoms with Gasteiger partial charge in [0.15, 0.2) is 4.34 Å². The number of aromatic nitrogens is 1. The van der Waals surface area contributed by atoms with E-state index >= 15 is 0 Å². The first kappa shape index (κ1) is 10.2. The summed E-state index contributed by atoms with van der Waals surface area (Å²) in [6.45, 7) is 2.09. The summed E-state index contributed by atoms with van der Waals surface area (Å²) in [6.07, 6.45) is 0. The van der Waals surface area contributed by atoms with Crippen molar-refractivity contribution in [2.24, 2.45) is 0 Å². The van der Waals surface area contributed by atoms with Crippen molar-refractivity contribution >= 4 is 39.0 Å². The number of rotatable bonds is 2. The molecule has 14 heavy (non-hydrogen) atoms. The van der Waals surface area contributed by atoms with Crippen molar-refractivity contribution in [3.05, 3.63) is 39.8 Å². The average molecular weight is 286 g/mol. The van der Waals surface area contributed by atoms with E-state index in [-0.39, 0.29) is 0 Å². The molecule has 1 heterocycles. The molecule has 0 bridgehead atoms. The number of thiazole rings is 1. The molecule has 0 spiro atoms. The number of nitrogens with zero attached hydrogens (tertiary/aromatic N) is 1. The van der Waals surface area contributed by atoms with E-state index in [2.05, 4.69) is 52.1 Å². The summed E-state index contributed by atoms with van der Waals surface area (Å²) in [5.41, 5.74) is 1.29. The highest BCUT2D eigenvalue weighted by Crippen LogP contribution is 2.31. The van der Waals surface area contributed by atoms with Gasteiger partial charge in [0.25, 0.3) is 0 Å². The van der Waals surface area contributed by atoms with Gasteiger partial charge >= 0.3 is 0 Å². The molecule has 0 atom stereocenters. The summed E-state index contributed by atoms with van der Waals surface area (Å²) in [5.74, 6) is 0. The van der Waals surface area contributed by atoms with E-state index in [1.54, 1.807) is 23.1 Å². The lowest BCUT2D eigenvalue weighted by atomic mass is 10.2. The Morgan fingerprint density at radius 1 is 1.29 bits per heavy atom. The minimum Gasteiger partial charge on any atom is -0.222 e. The Labute approximate surface area is 99.7 Å². The Hall–Kier alpha value is -0.320. The Kier molecular flexibility index (Phi) is 3.26. The highest BCUT2D eigenvalue weighted by atomic mass is 79.9. The topological polar surface area (TPSA) is 12.9 Å². The van der Waals surface area contributed by atoms with Crippen LogP contribution in [0.15, 0.2) is 43.5 Å². The van der Waals surface area contributed by atoms with Crippen LogP contribution in [0.5, 0.6) is 0 Å². The van der Waals surface area contributed by atoms with E-state index in [1.165, 1.54) is 10.5 Å². The molecule has 72 valence electrons. The minimum atomic E-state index is 0.914. The van der Waals surface area contributed by atoms with Crippen LogP contribution in [-0.4, -0.2) is 4.98 Å². The second-order valence-corrected chi connectivity index (χ2v) is 5.84. The van der Waals surface area contributed by atoms with E-state index in [4.69, 9.17) is 0 Å². The van der Waals surface area contributed by atoms with Gasteiger partial charge in [-0.05, 0) is 35.0 Å². The molecule has 0 unspecified atom stereocenters. The van der Waals surface area contributed by atoms with Gasteiger partial charge < -0.3 is 0 Å². The first-order valence-corrected chi connectivity index (χ1v) is 6.58. The maximum absolute atomic E-state index is 4.33. The number of halogens is 1. The first-order valence-electron chi connectivity index (χ1n) is 4.09. The average Bonchev–Trinajstić information content (AvgIpc) is 2.56. The first-order chi connectivity index (χ1) is 6.74. The van der Waals surface area contributed by atoms with Crippen LogP contribution in [0.1, 0.15) is 5.56 Å². The van der Waals surface area contributed by atoms with Gasteiger partial charge in [-0.25, -0.2) is 4.98 Å². The third-order valence-electron chi connectivity index (χ3n) is 1.68. The normalized spacial score (nSPS) is 10.4. The molecule has 2 aromatic rings. The summed E-state index contributed by atoms with van der Waals surface area (Å²) >= 11 is 6.69. The zero-order chi connectivity index (χ0) is 9.97. The lowest BCUT2D eigenvalue weighted by molar-refractivity contribution is 1.21. The van der Waals surface area contributed by atoms with Crippen LogP contribution in [0, 0.1) is 6.92 Å². The van der Waals surface area contributed by atoms with Gasteiger partial charge in [0, 0.05) is 10.3 Å². The molecule has 2 rings (SSSR count). The summed E-state index contributed by atoms with van der Waals surface area (Å²) in [7, 11) is 0. The van der Waals surface area contributed by atoms with Crippen LogP contribution < -0.4 is 0 Å². The maximum atomic E-state index is 4.33. The molecule has 0 saturated heterocycles. The van der Waals surface area contributed by atoms with Crippen LogP contribution in [0.4, 0.5) is 0 Å². The third-order valence-corrected chi connectivity index (χ3v) is 4.34. The lowest BCUT2D eigenvalue weighted by Crippen LogP contribution is -1.73. The van der Waals surface area contributed by atoms with Crippen LogP contribution in [0.25, 0.3) is 0 Å². The fourth-order valence-electron chi connectivity index (χ4n) is 0.993. The Bertz CT molecular complexity index is 422. The second-order valence-electron chi connectivity index (χ2n) is 2.85. The third kappa shape index (κ3) is 2.59. The van der Waals surface area contributed by atoms with Gasteiger partial charge in [-0.15, -0.1) is 11.3 Å². The molecule has 0 N–H and O–H groups in total. The van der Waals surface area contributed by atoms with Crippen molar-refractivity contribution in [1.29, 1.82) is 0 Å². The molecule has 1 nitrogen and oxygen atoms in total. The number of hydrogen-bond donors (Lipinski definition) is 0. The van der Waals surface area contributed by atoms with E-state index in [0.29, 0.717) is 0 Å². The van der Waals surface area contributed by atoms with Crippen molar-refractivity contribution in [3.8, 4) is 0 Å². The van der Waals surface area contributed by atoms with Crippen molar-refractivity contribution < 1.29 is 0 Å². The molecule has 4 heteroatoms. The molecule has 0 aliphatic heterocycles. The van der Waals surface area contributed by atoms with E-state index in [1.807, 2.05) is 5.38 Å². The van der Waals surface area contributed by atoms with Crippen molar-refractivity contribution in [2.75, 3.05) is 0 Å². The molecule has 0 aliphatic carbocycles. The van der Waals surface area contributed by atoms with Gasteiger partial charge in [0.1, 0.15) is 4.60 Å². The Balaban J connectivity index is 2.15. The molecular weight excluding hydrogens is 278 g/mol. The highest BCUT2D eigenvalue weighted by molar-refractivity contribution is 9.10. The van der Waals surface area contributed by atoms with Crippen molar-refractivity contribution in [2.45, 2.75) is 16.2 Å². The molecule has 0 amide bonds. The van der Waals surface area contributed by atoms with Gasteiger partial charge in [0.05, 0.1) is 0 Å². The summed E-state index contributed by atoms with van der Waals surface area (Å²) in [5, 5.41) is 2.00. The summed E-state index contributed by atoms with van der Waals surface area (Å²) in [6, 6.07) is 8.47. The number of benzene rings is 1. The molecule has 0 fully saturated rings. The SMILES string of the molecule is Cc1ccc(Sc2nc(Br)cs2)cc1. The molecule has 1 aromatic carbocycles. The van der Waals surface area contributed by atoms with Gasteiger partial charge in [-0.1, -0.05) is 29.5 Å². The maximum Gasteiger partial charge on any atom is 0.155 e. The molecular formula is C10H8BrNS2. The Morgan fingerprint density at radius 3 is 2.57 bits per heavy atom. The fourth-order valence-corrected chi connectivity index (χ4v) is 3.33. The Morgan fingerprint density at radius 2 is 2.00 bits per heavy atom. The van der Waals surface area contributed by atoms with Crippen molar-refractivity contribution in [1.82, 2.24) is 4.98 Å². The standard InChI is InChI=1S/C10H8BrNS2/c1-7-2-4-8(5-3-7)14-10-12-9(11)6-13-10/h2-6H,1H3. The van der Waals surface area contributed by atoms with Gasteiger partial charge in [0.2, 0.25) is 0 Å². The van der Waals surface area contributed by atoms with E-state index in [9.17, 15) is 0 Å².